The van der Waals surface area contributed by atoms with E-state index in [1.807, 2.05) is 11.8 Å². The van der Waals surface area contributed by atoms with Crippen LogP contribution in [0, 0.1) is 0 Å². The summed E-state index contributed by atoms with van der Waals surface area (Å²) in [6.07, 6.45) is 0. The first kappa shape index (κ1) is 30.9. The second-order valence-corrected chi connectivity index (χ2v) is 20.2. The van der Waals surface area contributed by atoms with E-state index in [1.54, 1.807) is 0 Å². The van der Waals surface area contributed by atoms with E-state index in [1.165, 1.54) is 103 Å². The van der Waals surface area contributed by atoms with E-state index in [0.29, 0.717) is 0 Å². The van der Waals surface area contributed by atoms with Crippen LogP contribution in [0.25, 0.3) is 33.0 Å². The third-order valence-electron chi connectivity index (χ3n) is 13.1. The SMILES string of the molecule is c1ccc2c(c1)Sc1ccccc1C21c2ccccc2N(c2ccc3c(c2)[Si]2(c4ccccc4-c4ccccc42)c2ccccc2-3)c2c1ccc1ccccc21. The predicted octanol–water partition coefficient (Wildman–Crippen LogP) is 10.8. The number of para-hydroxylation sites is 1. The number of benzene rings is 9. The van der Waals surface area contributed by atoms with Crippen molar-refractivity contribution in [3.8, 4) is 22.3 Å². The Kier molecular flexibility index (Phi) is 6.12. The zero-order chi connectivity index (χ0) is 36.6. The molecule has 0 bridgehead atoms. The molecule has 0 radical (unpaired) electrons. The molecule has 0 N–H and O–H groups in total. The van der Waals surface area contributed by atoms with Gasteiger partial charge in [-0.1, -0.05) is 182 Å². The second-order valence-electron chi connectivity index (χ2n) is 15.5. The van der Waals surface area contributed by atoms with E-state index >= 15 is 0 Å². The molecule has 56 heavy (non-hydrogen) atoms. The van der Waals surface area contributed by atoms with Gasteiger partial charge in [0.25, 0.3) is 0 Å². The van der Waals surface area contributed by atoms with Crippen molar-refractivity contribution >= 4 is 68.4 Å². The van der Waals surface area contributed by atoms with Gasteiger partial charge in [-0.2, -0.15) is 0 Å². The number of hydrogen-bond acceptors (Lipinski definition) is 2. The number of rotatable bonds is 1. The monoisotopic (exact) mass is 743 g/mol. The van der Waals surface area contributed by atoms with Crippen LogP contribution in [0.4, 0.5) is 17.1 Å². The summed E-state index contributed by atoms with van der Waals surface area (Å²) in [7, 11) is -2.65. The molecule has 0 unspecified atom stereocenters. The van der Waals surface area contributed by atoms with Gasteiger partial charge in [0, 0.05) is 20.9 Å². The lowest BCUT2D eigenvalue weighted by Crippen LogP contribution is -2.70. The fraction of sp³-hybridized carbons (Fsp3) is 0.0189. The molecular formula is C53H33NSSi. The average molecular weight is 744 g/mol. The molecule has 3 heteroatoms. The summed E-state index contributed by atoms with van der Waals surface area (Å²) in [4.78, 5) is 5.24. The summed E-state index contributed by atoms with van der Waals surface area (Å²) in [6.45, 7) is 0. The fourth-order valence-corrected chi connectivity index (χ4v) is 17.9. The van der Waals surface area contributed by atoms with E-state index in [9.17, 15) is 0 Å². The Morgan fingerprint density at radius 2 is 0.911 bits per heavy atom. The molecule has 13 rings (SSSR count). The van der Waals surface area contributed by atoms with E-state index in [4.69, 9.17) is 0 Å². The summed E-state index contributed by atoms with van der Waals surface area (Å²) in [6, 6.07) is 76.4. The highest BCUT2D eigenvalue weighted by Gasteiger charge is 2.55. The molecule has 0 saturated heterocycles. The van der Waals surface area contributed by atoms with Crippen LogP contribution in [0.2, 0.25) is 0 Å². The molecule has 260 valence electrons. The van der Waals surface area contributed by atoms with E-state index < -0.39 is 13.5 Å². The summed E-state index contributed by atoms with van der Waals surface area (Å²) in [5.41, 5.74) is 14.0. The molecule has 0 amide bonds. The maximum Gasteiger partial charge on any atom is 0.182 e. The zero-order valence-electron chi connectivity index (χ0n) is 30.4. The van der Waals surface area contributed by atoms with Crippen LogP contribution >= 0.6 is 11.8 Å². The number of hydrogen-bond donors (Lipinski definition) is 0. The molecule has 4 aliphatic heterocycles. The maximum atomic E-state index is 2.61. The average Bonchev–Trinajstić information content (AvgIpc) is 3.73. The smallest absolute Gasteiger partial charge is 0.182 e. The Morgan fingerprint density at radius 1 is 0.393 bits per heavy atom. The third-order valence-corrected chi connectivity index (χ3v) is 19.2. The molecule has 4 heterocycles. The summed E-state index contributed by atoms with van der Waals surface area (Å²) in [5, 5.41) is 8.50. The Hall–Kier alpha value is -6.39. The van der Waals surface area contributed by atoms with Gasteiger partial charge in [0.15, 0.2) is 8.07 Å². The normalized spacial score (nSPS) is 15.3. The highest BCUT2D eigenvalue weighted by molar-refractivity contribution is 7.99. The van der Waals surface area contributed by atoms with Crippen molar-refractivity contribution in [2.24, 2.45) is 0 Å². The zero-order valence-corrected chi connectivity index (χ0v) is 32.2. The second kappa shape index (κ2) is 11.1. The van der Waals surface area contributed by atoms with Crippen molar-refractivity contribution < 1.29 is 0 Å². The maximum absolute atomic E-state index is 2.65. The first-order valence-electron chi connectivity index (χ1n) is 19.5. The Balaban J connectivity index is 1.16. The van der Waals surface area contributed by atoms with Crippen molar-refractivity contribution in [3.05, 3.63) is 222 Å². The fourth-order valence-electron chi connectivity index (χ4n) is 11.1. The number of fused-ring (bicyclic) bond motifs is 20. The van der Waals surface area contributed by atoms with Gasteiger partial charge in [-0.15, -0.1) is 0 Å². The van der Waals surface area contributed by atoms with Crippen LogP contribution in [-0.2, 0) is 5.41 Å². The minimum Gasteiger partial charge on any atom is -0.309 e. The molecule has 0 aromatic heterocycles. The Labute approximate surface area is 331 Å². The third kappa shape index (κ3) is 3.64. The molecule has 9 aromatic carbocycles. The molecule has 4 aliphatic rings. The van der Waals surface area contributed by atoms with Crippen LogP contribution in [-0.4, -0.2) is 8.07 Å². The van der Waals surface area contributed by atoms with Gasteiger partial charge in [0.1, 0.15) is 0 Å². The van der Waals surface area contributed by atoms with Crippen molar-refractivity contribution in [1.82, 2.24) is 0 Å². The van der Waals surface area contributed by atoms with Crippen molar-refractivity contribution in [1.29, 1.82) is 0 Å². The minimum absolute atomic E-state index is 0.503. The van der Waals surface area contributed by atoms with Crippen molar-refractivity contribution in [2.75, 3.05) is 4.90 Å². The first-order valence-corrected chi connectivity index (χ1v) is 22.3. The van der Waals surface area contributed by atoms with Gasteiger partial charge in [-0.3, -0.25) is 0 Å². The lowest BCUT2D eigenvalue weighted by atomic mass is 9.62. The highest BCUT2D eigenvalue weighted by atomic mass is 32.2. The van der Waals surface area contributed by atoms with E-state index in [2.05, 4.69) is 205 Å². The first-order chi connectivity index (χ1) is 27.8. The minimum atomic E-state index is -2.65. The molecular weight excluding hydrogens is 711 g/mol. The van der Waals surface area contributed by atoms with Crippen LogP contribution in [0.15, 0.2) is 210 Å². The Morgan fingerprint density at radius 3 is 1.57 bits per heavy atom. The lowest BCUT2D eigenvalue weighted by Gasteiger charge is -2.49. The standard InChI is InChI=1S/C53H33NSSi/c1-2-16-36-34(15-1)29-32-44-52(36)54(45-23-9-6-20-41(45)53(44)42-21-7-10-24-46(42)55-47-25-11-8-22-43(47)53)35-30-31-40-39-19-5-14-28-50(39)56(51(40)33-35)48-26-12-3-17-37(48)38-18-4-13-27-49(38)56/h1-33H. The summed E-state index contributed by atoms with van der Waals surface area (Å²) >= 11 is 1.90. The molecule has 9 aromatic rings. The molecule has 0 saturated carbocycles. The van der Waals surface area contributed by atoms with Gasteiger partial charge in [0.05, 0.1) is 16.8 Å². The van der Waals surface area contributed by atoms with E-state index in [0.717, 1.165) is 0 Å². The van der Waals surface area contributed by atoms with Crippen LogP contribution < -0.4 is 25.6 Å². The number of anilines is 3. The molecule has 0 atom stereocenters. The Bertz CT molecular complexity index is 3050. The molecule has 0 aliphatic carbocycles. The summed E-state index contributed by atoms with van der Waals surface area (Å²) in [5.74, 6) is 0. The van der Waals surface area contributed by atoms with Crippen LogP contribution in [0.5, 0.6) is 0 Å². The lowest BCUT2D eigenvalue weighted by molar-refractivity contribution is 0.693. The molecule has 1 nitrogen and oxygen atoms in total. The largest absolute Gasteiger partial charge is 0.309 e. The predicted molar refractivity (Wildman–Crippen MR) is 236 cm³/mol. The van der Waals surface area contributed by atoms with Crippen LogP contribution in [0.3, 0.4) is 0 Å². The quantitative estimate of drug-likeness (QED) is 0.154. The van der Waals surface area contributed by atoms with Crippen LogP contribution in [0.1, 0.15) is 22.3 Å². The highest BCUT2D eigenvalue weighted by Crippen LogP contribution is 2.63. The van der Waals surface area contributed by atoms with Crippen molar-refractivity contribution in [2.45, 2.75) is 15.2 Å². The molecule has 2 spiro atoms. The summed E-state index contributed by atoms with van der Waals surface area (Å²) < 4.78 is 0. The number of nitrogens with zero attached hydrogens (tertiary/aromatic N) is 1. The van der Waals surface area contributed by atoms with Gasteiger partial charge in [-0.25, -0.2) is 0 Å². The van der Waals surface area contributed by atoms with Gasteiger partial charge in [0.2, 0.25) is 0 Å². The van der Waals surface area contributed by atoms with E-state index in [-0.39, 0.29) is 0 Å². The van der Waals surface area contributed by atoms with Gasteiger partial charge < -0.3 is 4.90 Å². The van der Waals surface area contributed by atoms with Crippen molar-refractivity contribution in [3.63, 3.8) is 0 Å². The van der Waals surface area contributed by atoms with Gasteiger partial charge in [-0.05, 0) is 101 Å². The topological polar surface area (TPSA) is 3.24 Å². The van der Waals surface area contributed by atoms with Gasteiger partial charge >= 0.3 is 0 Å². The molecule has 0 fully saturated rings.